The molecule has 6 aromatic heterocycles. The molecule has 6 heterocycles. The van der Waals surface area contributed by atoms with Gasteiger partial charge < -0.3 is 24.4 Å². The highest BCUT2D eigenvalue weighted by molar-refractivity contribution is 8.13. The largest absolute Gasteiger partial charge is 0.332 e. The van der Waals surface area contributed by atoms with Gasteiger partial charge in [0.1, 0.15) is 5.65 Å². The van der Waals surface area contributed by atoms with Crippen LogP contribution in [0.15, 0.2) is 39.1 Å². The molecule has 28 heteroatoms. The zero-order chi connectivity index (χ0) is 43.1. The third kappa shape index (κ3) is 7.89. The van der Waals surface area contributed by atoms with Crippen LogP contribution in [0.3, 0.4) is 0 Å². The van der Waals surface area contributed by atoms with Crippen LogP contribution in [0.2, 0.25) is 0 Å². The molecule has 0 saturated heterocycles. The molecule has 4 N–H and O–H groups in total. The number of nitrogens with one attached hydrogen (secondary N) is 2. The fourth-order valence-corrected chi connectivity index (χ4v) is 7.65. The van der Waals surface area contributed by atoms with Gasteiger partial charge in [0.15, 0.2) is 32.6 Å². The smallest absolute Gasteiger partial charge is 0.331 e. The average molecular weight is 865 g/mol. The number of imidazole rings is 3. The average Bonchev–Trinajstić information content (AvgIpc) is 3.77. The lowest BCUT2D eigenvalue weighted by Crippen LogP contribution is -2.37. The molecule has 0 unspecified atom stereocenters. The molecule has 0 bridgehead atoms. The van der Waals surface area contributed by atoms with Crippen LogP contribution in [0.4, 0.5) is 0 Å². The summed E-state index contributed by atoms with van der Waals surface area (Å²) in [6.07, 6.45) is 0. The second-order valence-corrected chi connectivity index (χ2v) is 16.4. The predicted molar refractivity (Wildman–Crippen MR) is 210 cm³/mol. The van der Waals surface area contributed by atoms with Gasteiger partial charge in [-0.1, -0.05) is 13.8 Å². The van der Waals surface area contributed by atoms with Crippen LogP contribution in [0.5, 0.6) is 0 Å². The van der Waals surface area contributed by atoms with Crippen molar-refractivity contribution in [2.75, 3.05) is 13.1 Å². The van der Waals surface area contributed by atoms with Crippen LogP contribution in [0.1, 0.15) is 13.8 Å². The Kier molecular flexibility index (Phi) is 13.3. The quantitative estimate of drug-likeness (QED) is 0.116. The third-order valence-corrected chi connectivity index (χ3v) is 11.3. The van der Waals surface area contributed by atoms with E-state index in [9.17, 15) is 45.6 Å². The summed E-state index contributed by atoms with van der Waals surface area (Å²) in [7, 11) is 10.2. The van der Waals surface area contributed by atoms with E-state index in [1.807, 2.05) is 6.92 Å². The number of aromatic amines is 1. The van der Waals surface area contributed by atoms with Crippen LogP contribution in [0, 0.1) is 4.77 Å². The molecule has 56 heavy (non-hydrogen) atoms. The molecule has 0 aliphatic rings. The van der Waals surface area contributed by atoms with Crippen molar-refractivity contribution in [1.29, 1.82) is 0 Å². The topological polar surface area (TPSA) is 295 Å². The molecule has 6 aromatic rings. The zero-order valence-corrected chi connectivity index (χ0v) is 35.3. The summed E-state index contributed by atoms with van der Waals surface area (Å²) in [5, 5.41) is -0.773. The fraction of sp³-hybridized carbons (Fsp3) is 0.464. The second kappa shape index (κ2) is 16.5. The van der Waals surface area contributed by atoms with Gasteiger partial charge in [-0.15, -0.1) is 0 Å². The normalized spacial score (nSPS) is 11.6. The number of nitrogens with two attached hydrogens (primary N) is 1. The van der Waals surface area contributed by atoms with Crippen molar-refractivity contribution >= 4 is 75.5 Å². The number of H-pyrrole nitrogens is 1. The molecule has 0 aromatic carbocycles. The molecule has 0 aliphatic carbocycles. The minimum atomic E-state index is -4.09. The number of halogens is 1. The highest BCUT2D eigenvalue weighted by Crippen LogP contribution is 2.17. The monoisotopic (exact) mass is 864 g/mol. The van der Waals surface area contributed by atoms with E-state index < -0.39 is 46.7 Å². The fourth-order valence-electron chi connectivity index (χ4n) is 5.27. The molecule has 0 amide bonds. The summed E-state index contributed by atoms with van der Waals surface area (Å²) in [6.45, 7) is 4.48. The number of aromatic nitrogens is 12. The van der Waals surface area contributed by atoms with E-state index >= 15 is 0 Å². The summed E-state index contributed by atoms with van der Waals surface area (Å²) in [5.74, 6) is 0. The first-order chi connectivity index (χ1) is 25.7. The first-order valence-corrected chi connectivity index (χ1v) is 20.2. The molecule has 6 rings (SSSR count). The minimum Gasteiger partial charge on any atom is -0.331 e. The Bertz CT molecular complexity index is 3190. The van der Waals surface area contributed by atoms with Gasteiger partial charge in [-0.25, -0.2) is 35.9 Å². The van der Waals surface area contributed by atoms with Crippen LogP contribution in [-0.2, 0) is 82.5 Å². The van der Waals surface area contributed by atoms with E-state index in [0.717, 1.165) is 33.9 Å². The zero-order valence-electron chi connectivity index (χ0n) is 32.1. The van der Waals surface area contributed by atoms with Crippen molar-refractivity contribution in [3.8, 4) is 0 Å². The molecule has 24 nitrogen and oxygen atoms in total. The van der Waals surface area contributed by atoms with Crippen molar-refractivity contribution in [1.82, 2.24) is 60.8 Å². The van der Waals surface area contributed by atoms with Gasteiger partial charge in [0.25, 0.3) is 35.8 Å². The van der Waals surface area contributed by atoms with E-state index in [1.165, 1.54) is 58.5 Å². The van der Waals surface area contributed by atoms with Gasteiger partial charge in [0.2, 0.25) is 10.3 Å². The number of aryl methyl sites for hydroxylation is 6. The second-order valence-electron chi connectivity index (χ2n) is 11.9. The summed E-state index contributed by atoms with van der Waals surface area (Å²) in [4.78, 5) is 81.4. The maximum absolute atomic E-state index is 12.1. The predicted octanol–water partition coefficient (Wildman–Crippen LogP) is -3.23. The van der Waals surface area contributed by atoms with Crippen molar-refractivity contribution in [3.63, 3.8) is 0 Å². The van der Waals surface area contributed by atoms with E-state index in [0.29, 0.717) is 15.9 Å². The minimum absolute atomic E-state index is 0.00109. The van der Waals surface area contributed by atoms with Gasteiger partial charge in [-0.05, 0) is 18.8 Å². The SMILES string of the molecule is CCN.CCNS(=O)(=O)c1nc2c(c(=O)n(C)c(=O)n2C)n1C.Cn1c(=O)c2c([nH]c(=S)n2C)n(C)c1=O.Cn1c(=O)c2c(nc(S(=O)(=O)Cl)n2C)n(C)c1=O. The Labute approximate surface area is 325 Å². The van der Waals surface area contributed by atoms with Gasteiger partial charge in [-0.2, -0.15) is 9.97 Å². The Hall–Kier alpha value is -5.22. The molecule has 0 atom stereocenters. The molecule has 0 spiro atoms. The van der Waals surface area contributed by atoms with E-state index in [2.05, 4.69) is 19.7 Å². The first kappa shape index (κ1) is 45.2. The van der Waals surface area contributed by atoms with Crippen molar-refractivity contribution < 1.29 is 16.8 Å². The third-order valence-electron chi connectivity index (χ3n) is 8.17. The Morgan fingerprint density at radius 3 is 1.36 bits per heavy atom. The number of fused-ring (bicyclic) bond motifs is 3. The van der Waals surface area contributed by atoms with Gasteiger partial charge in [-0.3, -0.25) is 41.8 Å². The number of rotatable bonds is 4. The highest BCUT2D eigenvalue weighted by atomic mass is 35.7. The highest BCUT2D eigenvalue weighted by Gasteiger charge is 2.26. The summed E-state index contributed by atoms with van der Waals surface area (Å²) in [6, 6.07) is 0. The van der Waals surface area contributed by atoms with Crippen molar-refractivity contribution in [2.45, 2.75) is 24.2 Å². The number of hydrogen-bond donors (Lipinski definition) is 3. The lowest BCUT2D eigenvalue weighted by Gasteiger charge is -2.04. The van der Waals surface area contributed by atoms with Crippen LogP contribution >= 0.6 is 22.9 Å². The molecule has 0 fully saturated rings. The standard InChI is InChI=1S/C10H15N5O4S.C8H9ClN4O4S.C8H10N4O2S.C2H7N/c1-5-11-20(18,19)9-12-7-6(13(9)2)8(16)15(4)10(17)14(7)3;1-11-4-5(10-7(11)18(9,16)17)12(2)8(15)13(3)6(4)14;1-10-4-5(9-7(10)15)11(2)8(14)12(3)6(4)13;1-2-3/h11H,5H2,1-4H3;1-3H3;1-3H3,(H,9,15);2-3H2,1H3. The molecule has 0 saturated carbocycles. The maximum atomic E-state index is 12.1. The molecular formula is C28H41ClN14O10S3. The number of hydrogen-bond acceptors (Lipinski definition) is 14. The van der Waals surface area contributed by atoms with E-state index in [-0.39, 0.29) is 45.3 Å². The molecule has 0 radical (unpaired) electrons. The van der Waals surface area contributed by atoms with Crippen LogP contribution in [-0.4, -0.2) is 86.0 Å². The van der Waals surface area contributed by atoms with Gasteiger partial charge in [0, 0.05) is 80.7 Å². The van der Waals surface area contributed by atoms with E-state index in [4.69, 9.17) is 28.6 Å². The molecular weight excluding hydrogens is 824 g/mol. The summed E-state index contributed by atoms with van der Waals surface area (Å²) >= 11 is 5.00. The number of sulfonamides is 1. The van der Waals surface area contributed by atoms with Gasteiger partial charge in [0.05, 0.1) is 0 Å². The van der Waals surface area contributed by atoms with Crippen LogP contribution in [0.25, 0.3) is 33.5 Å². The lowest BCUT2D eigenvalue weighted by molar-refractivity contribution is 0.568. The lowest BCUT2D eigenvalue weighted by atomic mass is 10.5. The van der Waals surface area contributed by atoms with Crippen molar-refractivity contribution in [2.24, 2.45) is 69.2 Å². The summed E-state index contributed by atoms with van der Waals surface area (Å²) in [5.41, 5.74) is 2.70. The maximum Gasteiger partial charge on any atom is 0.332 e. The molecule has 0 aliphatic heterocycles. The summed E-state index contributed by atoms with van der Waals surface area (Å²) < 4.78 is 59.6. The molecule has 308 valence electrons. The Morgan fingerprint density at radius 1 is 0.607 bits per heavy atom. The number of nitrogens with zero attached hydrogens (tertiary/aromatic N) is 11. The van der Waals surface area contributed by atoms with Crippen LogP contribution < -0.4 is 44.2 Å². The Balaban J connectivity index is 0.000000219. The van der Waals surface area contributed by atoms with Crippen molar-refractivity contribution in [3.05, 3.63) is 67.3 Å². The Morgan fingerprint density at radius 2 is 0.964 bits per heavy atom. The van der Waals surface area contributed by atoms with E-state index in [1.54, 1.807) is 25.6 Å². The van der Waals surface area contributed by atoms with Gasteiger partial charge >= 0.3 is 17.1 Å². The first-order valence-electron chi connectivity index (χ1n) is 16.0.